The Balaban J connectivity index is 2.35. The van der Waals surface area contributed by atoms with E-state index in [9.17, 15) is 12.8 Å². The lowest BCUT2D eigenvalue weighted by Crippen LogP contribution is -2.07. The molecule has 0 saturated heterocycles. The van der Waals surface area contributed by atoms with Gasteiger partial charge in [-0.3, -0.25) is 4.68 Å². The van der Waals surface area contributed by atoms with Gasteiger partial charge >= 0.3 is 0 Å². The first-order valence-electron chi connectivity index (χ1n) is 4.81. The molecule has 2 rings (SSSR count). The summed E-state index contributed by atoms with van der Waals surface area (Å²) in [5.74, 6) is -1.11. The van der Waals surface area contributed by atoms with Gasteiger partial charge in [-0.05, 0) is 12.1 Å². The van der Waals surface area contributed by atoms with Crippen LogP contribution in [0.2, 0.25) is 0 Å². The Hall–Kier alpha value is -1.76. The molecule has 0 amide bonds. The lowest BCUT2D eigenvalue weighted by Gasteiger charge is -2.02. The minimum absolute atomic E-state index is 0.288. The summed E-state index contributed by atoms with van der Waals surface area (Å²) in [5.41, 5.74) is 0.288. The third-order valence-corrected chi connectivity index (χ3v) is 3.84. The summed E-state index contributed by atoms with van der Waals surface area (Å²) in [5, 5.41) is 7.29. The highest BCUT2D eigenvalue weighted by molar-refractivity contribution is 7.90. The monoisotopic (exact) mass is 255 g/mol. The number of aromatic nitrogens is 3. The van der Waals surface area contributed by atoms with Gasteiger partial charge in [0.1, 0.15) is 16.5 Å². The van der Waals surface area contributed by atoms with Gasteiger partial charge in [0.2, 0.25) is 0 Å². The van der Waals surface area contributed by atoms with Crippen LogP contribution >= 0.6 is 0 Å². The summed E-state index contributed by atoms with van der Waals surface area (Å²) in [6.07, 6.45) is 1.48. The van der Waals surface area contributed by atoms with Crippen LogP contribution in [0.25, 0.3) is 0 Å². The normalized spacial score (nSPS) is 11.6. The highest BCUT2D eigenvalue weighted by Crippen LogP contribution is 2.18. The molecule has 0 spiro atoms. The van der Waals surface area contributed by atoms with Crippen LogP contribution < -0.4 is 0 Å². The predicted molar refractivity (Wildman–Crippen MR) is 58.3 cm³/mol. The van der Waals surface area contributed by atoms with Crippen molar-refractivity contribution in [3.05, 3.63) is 42.0 Å². The van der Waals surface area contributed by atoms with Crippen molar-refractivity contribution in [1.82, 2.24) is 15.0 Å². The van der Waals surface area contributed by atoms with Gasteiger partial charge < -0.3 is 0 Å². The van der Waals surface area contributed by atoms with E-state index in [2.05, 4.69) is 10.3 Å². The smallest absolute Gasteiger partial charge is 0.187 e. The van der Waals surface area contributed by atoms with Gasteiger partial charge in [0.15, 0.2) is 9.84 Å². The zero-order valence-electron chi connectivity index (χ0n) is 9.04. The number of benzene rings is 1. The van der Waals surface area contributed by atoms with E-state index < -0.39 is 15.7 Å². The van der Waals surface area contributed by atoms with Gasteiger partial charge in [0.05, 0.1) is 5.69 Å². The van der Waals surface area contributed by atoms with Gasteiger partial charge in [-0.15, -0.1) is 5.10 Å². The largest absolute Gasteiger partial charge is 0.255 e. The van der Waals surface area contributed by atoms with Crippen molar-refractivity contribution >= 4 is 9.84 Å². The number of nitrogens with zero attached hydrogens (tertiary/aromatic N) is 3. The molecule has 17 heavy (non-hydrogen) atoms. The average molecular weight is 255 g/mol. The lowest BCUT2D eigenvalue weighted by molar-refractivity contribution is 0.566. The molecular weight excluding hydrogens is 245 g/mol. The Morgan fingerprint density at radius 1 is 1.35 bits per heavy atom. The number of halogens is 1. The molecule has 0 bridgehead atoms. The molecule has 0 aliphatic heterocycles. The second-order valence-corrected chi connectivity index (χ2v) is 5.53. The second-order valence-electron chi connectivity index (χ2n) is 3.57. The predicted octanol–water partition coefficient (Wildman–Crippen LogP) is 0.928. The van der Waals surface area contributed by atoms with Crippen LogP contribution in [0, 0.1) is 5.82 Å². The van der Waals surface area contributed by atoms with Gasteiger partial charge in [-0.25, -0.2) is 12.8 Å². The first-order chi connectivity index (χ1) is 7.99. The quantitative estimate of drug-likeness (QED) is 0.818. The van der Waals surface area contributed by atoms with Crippen LogP contribution in [-0.2, 0) is 22.6 Å². The van der Waals surface area contributed by atoms with Crippen LogP contribution in [-0.4, -0.2) is 23.4 Å². The van der Waals surface area contributed by atoms with Crippen LogP contribution in [0.1, 0.15) is 5.69 Å². The lowest BCUT2D eigenvalue weighted by atomic mass is 10.3. The number of hydrogen-bond acceptors (Lipinski definition) is 4. The molecule has 0 unspecified atom stereocenters. The Kier molecular flexibility index (Phi) is 2.93. The van der Waals surface area contributed by atoms with Crippen LogP contribution in [0.5, 0.6) is 0 Å². The van der Waals surface area contributed by atoms with Gasteiger partial charge in [0.25, 0.3) is 0 Å². The fraction of sp³-hybridized carbons (Fsp3) is 0.200. The highest BCUT2D eigenvalue weighted by Gasteiger charge is 2.20. The highest BCUT2D eigenvalue weighted by atomic mass is 32.2. The Labute approximate surface area is 97.8 Å². The van der Waals surface area contributed by atoms with Gasteiger partial charge in [-0.1, -0.05) is 17.3 Å². The molecule has 0 radical (unpaired) electrons. The molecular formula is C10H10FN3O2S. The molecule has 5 nitrogen and oxygen atoms in total. The molecule has 1 heterocycles. The van der Waals surface area contributed by atoms with Crippen LogP contribution in [0.3, 0.4) is 0 Å². The summed E-state index contributed by atoms with van der Waals surface area (Å²) < 4.78 is 38.6. The van der Waals surface area contributed by atoms with Crippen LogP contribution in [0.4, 0.5) is 4.39 Å². The summed E-state index contributed by atoms with van der Waals surface area (Å²) >= 11 is 0. The minimum Gasteiger partial charge on any atom is -0.255 e. The third kappa shape index (κ3) is 2.50. The van der Waals surface area contributed by atoms with E-state index in [0.29, 0.717) is 0 Å². The van der Waals surface area contributed by atoms with Gasteiger partial charge in [-0.2, -0.15) is 0 Å². The van der Waals surface area contributed by atoms with Gasteiger partial charge in [0, 0.05) is 13.2 Å². The van der Waals surface area contributed by atoms with E-state index in [1.807, 2.05) is 0 Å². The first-order valence-corrected chi connectivity index (χ1v) is 6.47. The topological polar surface area (TPSA) is 64.8 Å². The van der Waals surface area contributed by atoms with Crippen molar-refractivity contribution in [2.75, 3.05) is 0 Å². The number of aryl methyl sites for hydroxylation is 1. The molecule has 0 N–H and O–H groups in total. The molecule has 0 atom stereocenters. The summed E-state index contributed by atoms with van der Waals surface area (Å²) in [4.78, 5) is -0.314. The SMILES string of the molecule is Cn1cc(CS(=O)(=O)c2ccccc2F)nn1. The van der Waals surface area contributed by atoms with Crippen molar-refractivity contribution in [2.24, 2.45) is 7.05 Å². The molecule has 90 valence electrons. The second kappa shape index (κ2) is 4.25. The van der Waals surface area contributed by atoms with Crippen molar-refractivity contribution in [3.8, 4) is 0 Å². The maximum absolute atomic E-state index is 13.4. The van der Waals surface area contributed by atoms with Crippen molar-refractivity contribution < 1.29 is 12.8 Å². The summed E-state index contributed by atoms with van der Waals surface area (Å²) in [6, 6.07) is 5.27. The molecule has 0 fully saturated rings. The van der Waals surface area contributed by atoms with Crippen molar-refractivity contribution in [2.45, 2.75) is 10.6 Å². The molecule has 7 heteroatoms. The van der Waals surface area contributed by atoms with E-state index in [1.165, 1.54) is 29.1 Å². The number of sulfone groups is 1. The van der Waals surface area contributed by atoms with E-state index in [1.54, 1.807) is 7.05 Å². The zero-order valence-corrected chi connectivity index (χ0v) is 9.85. The molecule has 0 aliphatic carbocycles. The Morgan fingerprint density at radius 2 is 2.06 bits per heavy atom. The molecule has 1 aromatic carbocycles. The third-order valence-electron chi connectivity index (χ3n) is 2.16. The summed E-state index contributed by atoms with van der Waals surface area (Å²) in [6.45, 7) is 0. The minimum atomic E-state index is -3.72. The Bertz CT molecular complexity index is 637. The first kappa shape index (κ1) is 11.7. The molecule has 0 aliphatic rings. The fourth-order valence-electron chi connectivity index (χ4n) is 1.43. The maximum Gasteiger partial charge on any atom is 0.187 e. The average Bonchev–Trinajstić information content (AvgIpc) is 2.63. The molecule has 0 saturated carbocycles. The standard InChI is InChI=1S/C10H10FN3O2S/c1-14-6-8(12-13-14)7-17(15,16)10-5-3-2-4-9(10)11/h2-6H,7H2,1H3. The molecule has 1 aromatic heterocycles. The van der Waals surface area contributed by atoms with E-state index in [0.717, 1.165) is 6.07 Å². The molecule has 2 aromatic rings. The zero-order chi connectivity index (χ0) is 12.5. The van der Waals surface area contributed by atoms with Crippen LogP contribution in [0.15, 0.2) is 35.4 Å². The van der Waals surface area contributed by atoms with E-state index in [-0.39, 0.29) is 16.3 Å². The van der Waals surface area contributed by atoms with E-state index >= 15 is 0 Å². The maximum atomic E-state index is 13.4. The summed E-state index contributed by atoms with van der Waals surface area (Å²) in [7, 11) is -2.09. The van der Waals surface area contributed by atoms with E-state index in [4.69, 9.17) is 0 Å². The fourth-order valence-corrected chi connectivity index (χ4v) is 2.76. The number of rotatable bonds is 3. The van der Waals surface area contributed by atoms with Crippen molar-refractivity contribution in [3.63, 3.8) is 0 Å². The van der Waals surface area contributed by atoms with Crippen molar-refractivity contribution in [1.29, 1.82) is 0 Å². The Morgan fingerprint density at radius 3 is 2.65 bits per heavy atom. The number of hydrogen-bond donors (Lipinski definition) is 0.